The Bertz CT molecular complexity index is 1070. The molecule has 0 saturated heterocycles. The fraction of sp³-hybridized carbons (Fsp3) is 0.519. The molecule has 1 heterocycles. The van der Waals surface area contributed by atoms with Crippen molar-refractivity contribution in [2.75, 3.05) is 20.2 Å². The van der Waals surface area contributed by atoms with Crippen LogP contribution in [-0.4, -0.2) is 53.5 Å². The summed E-state index contributed by atoms with van der Waals surface area (Å²) in [6.45, 7) is 11.7. The van der Waals surface area contributed by atoms with Gasteiger partial charge in [0, 0.05) is 48.6 Å². The Morgan fingerprint density at radius 2 is 1.85 bits per heavy atom. The maximum Gasteiger partial charge on any atom is 0.333 e. The largest absolute Gasteiger partial charge is 0.463 e. The van der Waals surface area contributed by atoms with Crippen LogP contribution in [0.2, 0.25) is 0 Å². The van der Waals surface area contributed by atoms with E-state index in [1.165, 1.54) is 0 Å². The van der Waals surface area contributed by atoms with Crippen LogP contribution in [0.1, 0.15) is 53.5 Å². The SMILES string of the molecule is CCOC(=O)C(C)=C[C@H](C(C)C)N(C)C(=O)CNC(=O)CC(C)(C)c1cn(C)c2ccccc12. The minimum atomic E-state index is -0.403. The number of carbonyl (C=O) groups is 3. The highest BCUT2D eigenvalue weighted by Crippen LogP contribution is 2.34. The molecule has 34 heavy (non-hydrogen) atoms. The average molecular weight is 470 g/mol. The standard InChI is InChI=1S/C27H39N3O4/c1-9-34-26(33)19(4)14-23(18(2)3)30(8)25(32)16-28-24(31)15-27(5,6)21-17-29(7)22-13-11-10-12-20(21)22/h10-14,17-18,23H,9,15-16H2,1-8H3,(H,28,31)/t23-/m1/s1. The Labute approximate surface area is 203 Å². The van der Waals surface area contributed by atoms with E-state index in [2.05, 4.69) is 28.2 Å². The Balaban J connectivity index is 2.04. The Kier molecular flexibility index (Phi) is 9.07. The second kappa shape index (κ2) is 11.4. The number of nitrogens with one attached hydrogen (secondary N) is 1. The van der Waals surface area contributed by atoms with Gasteiger partial charge in [-0.3, -0.25) is 9.59 Å². The third-order valence-electron chi connectivity index (χ3n) is 6.21. The van der Waals surface area contributed by atoms with Crippen LogP contribution >= 0.6 is 0 Å². The normalized spacial score (nSPS) is 13.1. The van der Waals surface area contributed by atoms with Crippen LogP contribution in [0, 0.1) is 5.92 Å². The number of likely N-dealkylation sites (N-methyl/N-ethyl adjacent to an activating group) is 1. The van der Waals surface area contributed by atoms with Crippen molar-refractivity contribution in [3.05, 3.63) is 47.7 Å². The highest BCUT2D eigenvalue weighted by Gasteiger charge is 2.28. The minimum Gasteiger partial charge on any atom is -0.463 e. The first-order valence-electron chi connectivity index (χ1n) is 11.8. The van der Waals surface area contributed by atoms with Gasteiger partial charge < -0.3 is 19.5 Å². The number of aromatic nitrogens is 1. The van der Waals surface area contributed by atoms with Crippen molar-refractivity contribution in [2.45, 2.75) is 59.4 Å². The number of ether oxygens (including phenoxy) is 1. The molecule has 1 aromatic heterocycles. The molecule has 2 rings (SSSR count). The summed E-state index contributed by atoms with van der Waals surface area (Å²) in [4.78, 5) is 39.2. The van der Waals surface area contributed by atoms with Crippen LogP contribution in [0.25, 0.3) is 10.9 Å². The van der Waals surface area contributed by atoms with Gasteiger partial charge in [0.1, 0.15) is 0 Å². The molecule has 2 amide bonds. The van der Waals surface area contributed by atoms with E-state index in [0.717, 1.165) is 16.5 Å². The monoisotopic (exact) mass is 469 g/mol. The summed E-state index contributed by atoms with van der Waals surface area (Å²) in [6, 6.07) is 7.84. The summed E-state index contributed by atoms with van der Waals surface area (Å²) in [5, 5.41) is 3.91. The van der Waals surface area contributed by atoms with Crippen molar-refractivity contribution < 1.29 is 19.1 Å². The molecule has 7 heteroatoms. The number of hydrogen-bond acceptors (Lipinski definition) is 4. The van der Waals surface area contributed by atoms with Crippen LogP contribution in [0.15, 0.2) is 42.1 Å². The second-order valence-electron chi connectivity index (χ2n) is 9.82. The lowest BCUT2D eigenvalue weighted by molar-refractivity contribution is -0.138. The maximum absolute atomic E-state index is 12.8. The molecule has 2 aromatic rings. The van der Waals surface area contributed by atoms with Crippen molar-refractivity contribution >= 4 is 28.7 Å². The minimum absolute atomic E-state index is 0.0827. The van der Waals surface area contributed by atoms with Crippen molar-refractivity contribution in [3.8, 4) is 0 Å². The number of fused-ring (bicyclic) bond motifs is 1. The number of carbonyl (C=O) groups excluding carboxylic acids is 3. The number of benzene rings is 1. The average Bonchev–Trinajstić information content (AvgIpc) is 3.12. The summed E-state index contributed by atoms with van der Waals surface area (Å²) >= 11 is 0. The van der Waals surface area contributed by atoms with Crippen LogP contribution < -0.4 is 5.32 Å². The number of hydrogen-bond donors (Lipinski definition) is 1. The zero-order chi connectivity index (χ0) is 25.6. The van der Waals surface area contributed by atoms with E-state index in [0.29, 0.717) is 12.2 Å². The van der Waals surface area contributed by atoms with E-state index in [4.69, 9.17) is 4.74 Å². The van der Waals surface area contributed by atoms with Crippen LogP contribution in [0.3, 0.4) is 0 Å². The van der Waals surface area contributed by atoms with Crippen molar-refractivity contribution in [2.24, 2.45) is 13.0 Å². The highest BCUT2D eigenvalue weighted by atomic mass is 16.5. The van der Waals surface area contributed by atoms with Gasteiger partial charge in [-0.2, -0.15) is 0 Å². The fourth-order valence-electron chi connectivity index (χ4n) is 4.23. The van der Waals surface area contributed by atoms with E-state index >= 15 is 0 Å². The number of para-hydroxylation sites is 1. The lowest BCUT2D eigenvalue weighted by atomic mass is 9.81. The number of amides is 2. The van der Waals surface area contributed by atoms with Gasteiger partial charge in [0.05, 0.1) is 19.2 Å². The molecule has 0 bridgehead atoms. The van der Waals surface area contributed by atoms with Gasteiger partial charge in [0.15, 0.2) is 0 Å². The molecule has 0 spiro atoms. The van der Waals surface area contributed by atoms with Crippen molar-refractivity contribution in [1.29, 1.82) is 0 Å². The van der Waals surface area contributed by atoms with E-state index in [1.807, 2.05) is 46.9 Å². The van der Waals surface area contributed by atoms with Gasteiger partial charge in [-0.05, 0) is 31.4 Å². The first kappa shape index (κ1) is 27.2. The topological polar surface area (TPSA) is 80.6 Å². The van der Waals surface area contributed by atoms with Crippen LogP contribution in [0.4, 0.5) is 0 Å². The van der Waals surface area contributed by atoms with Gasteiger partial charge in [-0.15, -0.1) is 0 Å². The number of aryl methyl sites for hydroxylation is 1. The summed E-state index contributed by atoms with van der Waals surface area (Å²) in [5.74, 6) is -0.709. The summed E-state index contributed by atoms with van der Waals surface area (Å²) in [6.07, 6.45) is 4.09. The van der Waals surface area contributed by atoms with E-state index in [1.54, 1.807) is 31.9 Å². The van der Waals surface area contributed by atoms with Gasteiger partial charge >= 0.3 is 5.97 Å². The van der Waals surface area contributed by atoms with Gasteiger partial charge in [0.25, 0.3) is 0 Å². The summed E-state index contributed by atoms with van der Waals surface area (Å²) in [5.41, 5.74) is 2.28. The molecule has 1 atom stereocenters. The number of rotatable bonds is 10. The predicted molar refractivity (Wildman–Crippen MR) is 135 cm³/mol. The first-order valence-corrected chi connectivity index (χ1v) is 11.8. The van der Waals surface area contributed by atoms with Gasteiger partial charge in [-0.25, -0.2) is 4.79 Å². The molecular weight excluding hydrogens is 430 g/mol. The maximum atomic E-state index is 12.8. The van der Waals surface area contributed by atoms with Crippen LogP contribution in [0.5, 0.6) is 0 Å². The van der Waals surface area contributed by atoms with Crippen LogP contribution in [-0.2, 0) is 31.6 Å². The van der Waals surface area contributed by atoms with Gasteiger partial charge in [-0.1, -0.05) is 52.0 Å². The van der Waals surface area contributed by atoms with E-state index in [-0.39, 0.29) is 36.7 Å². The highest BCUT2D eigenvalue weighted by molar-refractivity contribution is 5.89. The zero-order valence-corrected chi connectivity index (χ0v) is 21.8. The Hall–Kier alpha value is -3.09. The fourth-order valence-corrected chi connectivity index (χ4v) is 4.23. The number of esters is 1. The molecular formula is C27H39N3O4. The third kappa shape index (κ3) is 6.49. The Morgan fingerprint density at radius 3 is 2.47 bits per heavy atom. The van der Waals surface area contributed by atoms with Gasteiger partial charge in [0.2, 0.25) is 11.8 Å². The molecule has 1 N–H and O–H groups in total. The zero-order valence-electron chi connectivity index (χ0n) is 21.8. The molecule has 0 fully saturated rings. The quantitative estimate of drug-likeness (QED) is 0.422. The predicted octanol–water partition coefficient (Wildman–Crippen LogP) is 3.95. The molecule has 0 radical (unpaired) electrons. The lowest BCUT2D eigenvalue weighted by Crippen LogP contribution is -2.45. The molecule has 186 valence electrons. The molecule has 7 nitrogen and oxygen atoms in total. The number of nitrogens with zero attached hydrogens (tertiary/aromatic N) is 2. The molecule has 0 aliphatic rings. The lowest BCUT2D eigenvalue weighted by Gasteiger charge is -2.30. The van der Waals surface area contributed by atoms with E-state index in [9.17, 15) is 14.4 Å². The summed E-state index contributed by atoms with van der Waals surface area (Å²) < 4.78 is 7.12. The molecule has 1 aromatic carbocycles. The second-order valence-corrected chi connectivity index (χ2v) is 9.82. The smallest absolute Gasteiger partial charge is 0.333 e. The third-order valence-corrected chi connectivity index (χ3v) is 6.21. The molecule has 0 saturated carbocycles. The van der Waals surface area contributed by atoms with E-state index < -0.39 is 11.4 Å². The Morgan fingerprint density at radius 1 is 1.21 bits per heavy atom. The molecule has 0 unspecified atom stereocenters. The van der Waals surface area contributed by atoms with Crippen molar-refractivity contribution in [1.82, 2.24) is 14.8 Å². The molecule has 0 aliphatic carbocycles. The first-order chi connectivity index (χ1) is 15.9. The van der Waals surface area contributed by atoms with Crippen molar-refractivity contribution in [3.63, 3.8) is 0 Å². The summed E-state index contributed by atoms with van der Waals surface area (Å²) in [7, 11) is 3.69. The molecule has 0 aliphatic heterocycles.